The summed E-state index contributed by atoms with van der Waals surface area (Å²) in [5.41, 5.74) is 0.291. The Morgan fingerprint density at radius 1 is 1.26 bits per heavy atom. The first-order chi connectivity index (χ1) is 8.95. The number of benzene rings is 1. The SMILES string of the molecule is CCC(=O)N[C@H](C(=O)O)[C@@](C)(CC)c1ccccc1. The largest absolute Gasteiger partial charge is 0.480 e. The maximum atomic E-state index is 11.5. The van der Waals surface area contributed by atoms with Crippen molar-refractivity contribution in [3.63, 3.8) is 0 Å². The van der Waals surface area contributed by atoms with Crippen LogP contribution in [-0.2, 0) is 15.0 Å². The number of rotatable bonds is 6. The van der Waals surface area contributed by atoms with Gasteiger partial charge in [0, 0.05) is 11.8 Å². The highest BCUT2D eigenvalue weighted by Crippen LogP contribution is 2.31. The zero-order valence-corrected chi connectivity index (χ0v) is 11.6. The molecule has 0 heterocycles. The van der Waals surface area contributed by atoms with Gasteiger partial charge in [0.25, 0.3) is 0 Å². The van der Waals surface area contributed by atoms with Gasteiger partial charge in [-0.15, -0.1) is 0 Å². The molecule has 2 N–H and O–H groups in total. The molecule has 1 rings (SSSR count). The third-order valence-electron chi connectivity index (χ3n) is 3.68. The summed E-state index contributed by atoms with van der Waals surface area (Å²) in [7, 11) is 0. The molecule has 0 spiro atoms. The topological polar surface area (TPSA) is 66.4 Å². The van der Waals surface area contributed by atoms with E-state index < -0.39 is 17.4 Å². The van der Waals surface area contributed by atoms with Gasteiger partial charge in [0.1, 0.15) is 6.04 Å². The summed E-state index contributed by atoms with van der Waals surface area (Å²) in [5.74, 6) is -1.25. The standard InChI is InChI=1S/C15H21NO3/c1-4-12(17)16-13(14(18)19)15(3,5-2)11-9-7-6-8-10-11/h6-10,13H,4-5H2,1-3H3,(H,16,17)(H,18,19)/t13-,15+/m1/s1. The van der Waals surface area contributed by atoms with Gasteiger partial charge in [-0.1, -0.05) is 51.1 Å². The molecule has 0 bridgehead atoms. The van der Waals surface area contributed by atoms with Crippen molar-refractivity contribution in [2.75, 3.05) is 0 Å². The fourth-order valence-electron chi connectivity index (χ4n) is 2.15. The molecular weight excluding hydrogens is 242 g/mol. The summed E-state index contributed by atoms with van der Waals surface area (Å²) in [4.78, 5) is 23.1. The lowest BCUT2D eigenvalue weighted by Crippen LogP contribution is -2.53. The average molecular weight is 263 g/mol. The molecule has 0 unspecified atom stereocenters. The van der Waals surface area contributed by atoms with Crippen LogP contribution in [0.5, 0.6) is 0 Å². The summed E-state index contributed by atoms with van der Waals surface area (Å²) in [6, 6.07) is 8.52. The molecule has 0 radical (unpaired) electrons. The number of hydrogen-bond acceptors (Lipinski definition) is 2. The second-order valence-corrected chi connectivity index (χ2v) is 4.83. The quantitative estimate of drug-likeness (QED) is 0.827. The van der Waals surface area contributed by atoms with Crippen molar-refractivity contribution < 1.29 is 14.7 Å². The predicted molar refractivity (Wildman–Crippen MR) is 73.9 cm³/mol. The lowest BCUT2D eigenvalue weighted by atomic mass is 9.73. The molecule has 0 aliphatic carbocycles. The van der Waals surface area contributed by atoms with Crippen LogP contribution in [0, 0.1) is 0 Å². The van der Waals surface area contributed by atoms with Crippen LogP contribution in [0.2, 0.25) is 0 Å². The van der Waals surface area contributed by atoms with Crippen molar-refractivity contribution in [2.45, 2.75) is 45.1 Å². The fourth-order valence-corrected chi connectivity index (χ4v) is 2.15. The van der Waals surface area contributed by atoms with Crippen LogP contribution < -0.4 is 5.32 Å². The van der Waals surface area contributed by atoms with Crippen LogP contribution in [0.3, 0.4) is 0 Å². The van der Waals surface area contributed by atoms with E-state index in [1.807, 2.05) is 44.2 Å². The van der Waals surface area contributed by atoms with E-state index >= 15 is 0 Å². The molecule has 1 amide bonds. The molecule has 104 valence electrons. The van der Waals surface area contributed by atoms with E-state index in [1.165, 1.54) is 0 Å². The van der Waals surface area contributed by atoms with Gasteiger partial charge < -0.3 is 10.4 Å². The molecule has 4 heteroatoms. The summed E-state index contributed by atoms with van der Waals surface area (Å²) >= 11 is 0. The summed E-state index contributed by atoms with van der Waals surface area (Å²) in [6.45, 7) is 5.51. The molecule has 0 saturated heterocycles. The highest BCUT2D eigenvalue weighted by Gasteiger charge is 2.40. The van der Waals surface area contributed by atoms with Crippen molar-refractivity contribution in [3.05, 3.63) is 35.9 Å². The normalized spacial score (nSPS) is 15.3. The monoisotopic (exact) mass is 263 g/mol. The number of hydrogen-bond donors (Lipinski definition) is 2. The van der Waals surface area contributed by atoms with E-state index in [-0.39, 0.29) is 12.3 Å². The zero-order valence-electron chi connectivity index (χ0n) is 11.6. The van der Waals surface area contributed by atoms with Crippen LogP contribution in [0.25, 0.3) is 0 Å². The Kier molecular flexibility index (Phi) is 5.10. The van der Waals surface area contributed by atoms with Gasteiger partial charge in [0.15, 0.2) is 0 Å². The number of carboxylic acids is 1. The molecule has 1 aromatic carbocycles. The highest BCUT2D eigenvalue weighted by atomic mass is 16.4. The van der Waals surface area contributed by atoms with Gasteiger partial charge in [-0.25, -0.2) is 4.79 Å². The van der Waals surface area contributed by atoms with Gasteiger partial charge in [-0.3, -0.25) is 4.79 Å². The van der Waals surface area contributed by atoms with Gasteiger partial charge in [-0.2, -0.15) is 0 Å². The summed E-state index contributed by atoms with van der Waals surface area (Å²) in [6.07, 6.45) is 0.899. The minimum absolute atomic E-state index is 0.247. The Morgan fingerprint density at radius 3 is 2.26 bits per heavy atom. The molecule has 19 heavy (non-hydrogen) atoms. The minimum Gasteiger partial charge on any atom is -0.480 e. The van der Waals surface area contributed by atoms with E-state index in [2.05, 4.69) is 5.32 Å². The Morgan fingerprint density at radius 2 is 1.84 bits per heavy atom. The van der Waals surface area contributed by atoms with Crippen LogP contribution in [0.4, 0.5) is 0 Å². The fraction of sp³-hybridized carbons (Fsp3) is 0.467. The molecule has 0 fully saturated rings. The Balaban J connectivity index is 3.15. The molecule has 2 atom stereocenters. The third kappa shape index (κ3) is 3.34. The third-order valence-corrected chi connectivity index (χ3v) is 3.68. The van der Waals surface area contributed by atoms with Gasteiger partial charge >= 0.3 is 5.97 Å². The van der Waals surface area contributed by atoms with Crippen molar-refractivity contribution in [2.24, 2.45) is 0 Å². The van der Waals surface area contributed by atoms with Crippen molar-refractivity contribution in [1.82, 2.24) is 5.32 Å². The zero-order chi connectivity index (χ0) is 14.5. The van der Waals surface area contributed by atoms with E-state index in [9.17, 15) is 14.7 Å². The van der Waals surface area contributed by atoms with E-state index in [0.29, 0.717) is 6.42 Å². The van der Waals surface area contributed by atoms with E-state index in [1.54, 1.807) is 6.92 Å². The van der Waals surface area contributed by atoms with Crippen molar-refractivity contribution >= 4 is 11.9 Å². The van der Waals surface area contributed by atoms with Crippen LogP contribution in [0.1, 0.15) is 39.2 Å². The van der Waals surface area contributed by atoms with Crippen LogP contribution in [0.15, 0.2) is 30.3 Å². The first-order valence-electron chi connectivity index (χ1n) is 6.53. The highest BCUT2D eigenvalue weighted by molar-refractivity contribution is 5.84. The lowest BCUT2D eigenvalue weighted by Gasteiger charge is -2.35. The number of carbonyl (C=O) groups is 2. The minimum atomic E-state index is -1.00. The van der Waals surface area contributed by atoms with E-state index in [4.69, 9.17) is 0 Å². The summed E-state index contributed by atoms with van der Waals surface area (Å²) in [5, 5.41) is 12.0. The average Bonchev–Trinajstić information content (AvgIpc) is 2.44. The number of carboxylic acid groups (broad SMARTS) is 1. The Labute approximate surface area is 113 Å². The first-order valence-corrected chi connectivity index (χ1v) is 6.53. The van der Waals surface area contributed by atoms with Gasteiger partial charge in [0.2, 0.25) is 5.91 Å². The maximum absolute atomic E-state index is 11.5. The number of carbonyl (C=O) groups excluding carboxylic acids is 1. The number of aliphatic carboxylic acids is 1. The molecule has 1 aromatic rings. The first kappa shape index (κ1) is 15.2. The smallest absolute Gasteiger partial charge is 0.327 e. The summed E-state index contributed by atoms with van der Waals surface area (Å²) < 4.78 is 0. The van der Waals surface area contributed by atoms with Crippen LogP contribution in [-0.4, -0.2) is 23.0 Å². The molecule has 4 nitrogen and oxygen atoms in total. The molecule has 0 aliphatic rings. The van der Waals surface area contributed by atoms with E-state index in [0.717, 1.165) is 5.56 Å². The number of amides is 1. The molecular formula is C15H21NO3. The molecule has 0 aliphatic heterocycles. The Hall–Kier alpha value is -1.84. The second-order valence-electron chi connectivity index (χ2n) is 4.83. The second kappa shape index (κ2) is 6.36. The van der Waals surface area contributed by atoms with Crippen molar-refractivity contribution in [3.8, 4) is 0 Å². The van der Waals surface area contributed by atoms with Gasteiger partial charge in [0.05, 0.1) is 0 Å². The number of nitrogens with one attached hydrogen (secondary N) is 1. The van der Waals surface area contributed by atoms with Crippen molar-refractivity contribution in [1.29, 1.82) is 0 Å². The van der Waals surface area contributed by atoms with Gasteiger partial charge in [-0.05, 0) is 12.0 Å². The predicted octanol–water partition coefficient (Wildman–Crippen LogP) is 2.33. The Bertz CT molecular complexity index is 444. The molecule has 0 saturated carbocycles. The lowest BCUT2D eigenvalue weighted by molar-refractivity contribution is -0.144. The van der Waals surface area contributed by atoms with Crippen LogP contribution >= 0.6 is 0 Å². The maximum Gasteiger partial charge on any atom is 0.327 e. The molecule has 0 aromatic heterocycles.